The molecule has 1 saturated heterocycles. The second-order valence-corrected chi connectivity index (χ2v) is 7.75. The summed E-state index contributed by atoms with van der Waals surface area (Å²) in [7, 11) is 0. The van der Waals surface area contributed by atoms with E-state index in [2.05, 4.69) is 46.7 Å². The molecule has 31 heavy (non-hydrogen) atoms. The monoisotopic (exact) mass is 539 g/mol. The number of primary amides is 1. The maximum absolute atomic E-state index is 11.5. The topological polar surface area (TPSA) is 95.9 Å². The van der Waals surface area contributed by atoms with Crippen molar-refractivity contribution in [2.75, 3.05) is 26.2 Å². The van der Waals surface area contributed by atoms with Crippen molar-refractivity contribution in [3.05, 3.63) is 59.5 Å². The minimum atomic E-state index is -0.182. The smallest absolute Gasteiger partial charge is 0.221 e. The number of halogens is 1. The fraction of sp³-hybridized carbons (Fsp3) is 0.478. The van der Waals surface area contributed by atoms with E-state index in [1.165, 1.54) is 11.1 Å². The van der Waals surface area contributed by atoms with Crippen molar-refractivity contribution in [1.29, 1.82) is 0 Å². The fourth-order valence-electron chi connectivity index (χ4n) is 3.79. The lowest BCUT2D eigenvalue weighted by Crippen LogP contribution is -2.40. The van der Waals surface area contributed by atoms with Crippen LogP contribution in [0.1, 0.15) is 36.7 Å². The summed E-state index contributed by atoms with van der Waals surface area (Å²) in [6.45, 7) is 6.83. The number of amides is 1. The minimum absolute atomic E-state index is 0. The highest BCUT2D eigenvalue weighted by Gasteiger charge is 2.23. The number of carbonyl (C=O) groups excluding carboxylic acids is 1. The summed E-state index contributed by atoms with van der Waals surface area (Å²) in [5.74, 6) is 1.55. The SMILES string of the molecule is CCNC(=NCc1cccc(CN2CCCC(C(N)=O)C2)c1)NCCc1ccco1.I. The zero-order valence-corrected chi connectivity index (χ0v) is 20.5. The van der Waals surface area contributed by atoms with Crippen LogP contribution in [0.5, 0.6) is 0 Å². The lowest BCUT2D eigenvalue weighted by Gasteiger charge is -2.31. The van der Waals surface area contributed by atoms with Crippen LogP contribution in [0, 0.1) is 5.92 Å². The summed E-state index contributed by atoms with van der Waals surface area (Å²) >= 11 is 0. The van der Waals surface area contributed by atoms with Gasteiger partial charge in [0.25, 0.3) is 0 Å². The Labute approximate surface area is 201 Å². The van der Waals surface area contributed by atoms with Crippen molar-refractivity contribution in [2.24, 2.45) is 16.6 Å². The molecule has 1 atom stereocenters. The van der Waals surface area contributed by atoms with Gasteiger partial charge >= 0.3 is 0 Å². The first-order valence-electron chi connectivity index (χ1n) is 10.8. The third-order valence-electron chi connectivity index (χ3n) is 5.31. The third kappa shape index (κ3) is 8.53. The van der Waals surface area contributed by atoms with Crippen LogP contribution in [-0.4, -0.2) is 42.9 Å². The van der Waals surface area contributed by atoms with E-state index in [1.54, 1.807) is 6.26 Å². The van der Waals surface area contributed by atoms with E-state index >= 15 is 0 Å². The van der Waals surface area contributed by atoms with Crippen LogP contribution in [0.3, 0.4) is 0 Å². The van der Waals surface area contributed by atoms with Crippen LogP contribution in [0.2, 0.25) is 0 Å². The first-order valence-corrected chi connectivity index (χ1v) is 10.8. The van der Waals surface area contributed by atoms with Crippen molar-refractivity contribution >= 4 is 35.8 Å². The maximum atomic E-state index is 11.5. The number of likely N-dealkylation sites (tertiary alicyclic amines) is 1. The van der Waals surface area contributed by atoms with Gasteiger partial charge in [-0.05, 0) is 49.6 Å². The number of hydrogen-bond donors (Lipinski definition) is 3. The molecule has 1 unspecified atom stereocenters. The molecule has 1 aliphatic heterocycles. The van der Waals surface area contributed by atoms with Gasteiger partial charge in [0, 0.05) is 32.6 Å². The predicted molar refractivity (Wildman–Crippen MR) is 134 cm³/mol. The first kappa shape index (κ1) is 25.2. The standard InChI is InChI=1S/C23H33N5O2.HI/c1-2-25-23(26-11-10-21-9-5-13-30-21)27-15-18-6-3-7-19(14-18)16-28-12-4-8-20(17-28)22(24)29;/h3,5-7,9,13-14,20H,2,4,8,10-12,15-17H2,1H3,(H2,24,29)(H2,25,26,27);1H. The molecule has 1 aromatic heterocycles. The van der Waals surface area contributed by atoms with Crippen LogP contribution >= 0.6 is 24.0 Å². The van der Waals surface area contributed by atoms with E-state index in [0.717, 1.165) is 63.7 Å². The van der Waals surface area contributed by atoms with E-state index in [0.29, 0.717) is 6.54 Å². The second-order valence-electron chi connectivity index (χ2n) is 7.75. The minimum Gasteiger partial charge on any atom is -0.469 e. The van der Waals surface area contributed by atoms with Gasteiger partial charge in [-0.1, -0.05) is 24.3 Å². The summed E-state index contributed by atoms with van der Waals surface area (Å²) < 4.78 is 5.37. The van der Waals surface area contributed by atoms with Gasteiger partial charge in [0.15, 0.2) is 5.96 Å². The number of nitrogens with two attached hydrogens (primary N) is 1. The van der Waals surface area contributed by atoms with Gasteiger partial charge in [-0.2, -0.15) is 0 Å². The van der Waals surface area contributed by atoms with E-state index in [-0.39, 0.29) is 35.8 Å². The average molecular weight is 539 g/mol. The van der Waals surface area contributed by atoms with Gasteiger partial charge in [0.2, 0.25) is 5.91 Å². The van der Waals surface area contributed by atoms with Crippen molar-refractivity contribution in [2.45, 2.75) is 39.3 Å². The number of piperidine rings is 1. The highest BCUT2D eigenvalue weighted by atomic mass is 127. The lowest BCUT2D eigenvalue weighted by molar-refractivity contribution is -0.123. The van der Waals surface area contributed by atoms with E-state index in [1.807, 2.05) is 12.1 Å². The molecule has 0 aliphatic carbocycles. The lowest BCUT2D eigenvalue weighted by atomic mass is 9.97. The van der Waals surface area contributed by atoms with E-state index in [9.17, 15) is 4.79 Å². The molecule has 1 amide bonds. The van der Waals surface area contributed by atoms with Crippen molar-refractivity contribution < 1.29 is 9.21 Å². The van der Waals surface area contributed by atoms with Gasteiger partial charge in [-0.25, -0.2) is 4.99 Å². The summed E-state index contributed by atoms with van der Waals surface area (Å²) in [4.78, 5) is 18.6. The predicted octanol–water partition coefficient (Wildman–Crippen LogP) is 2.89. The molecule has 0 radical (unpaired) electrons. The largest absolute Gasteiger partial charge is 0.469 e. The Hall–Kier alpha value is -2.07. The summed E-state index contributed by atoms with van der Waals surface area (Å²) in [5.41, 5.74) is 7.91. The van der Waals surface area contributed by atoms with Gasteiger partial charge in [-0.3, -0.25) is 9.69 Å². The summed E-state index contributed by atoms with van der Waals surface area (Å²) in [6.07, 6.45) is 4.43. The normalized spacial score (nSPS) is 17.1. The number of nitrogens with zero attached hydrogens (tertiary/aromatic N) is 2. The molecule has 1 aliphatic rings. The molecular formula is C23H34IN5O2. The van der Waals surface area contributed by atoms with Gasteiger partial charge in [0.05, 0.1) is 18.7 Å². The summed E-state index contributed by atoms with van der Waals surface area (Å²) in [6, 6.07) is 12.4. The zero-order valence-electron chi connectivity index (χ0n) is 18.2. The highest BCUT2D eigenvalue weighted by Crippen LogP contribution is 2.19. The van der Waals surface area contributed by atoms with Crippen molar-refractivity contribution in [3.63, 3.8) is 0 Å². The number of nitrogens with one attached hydrogen (secondary N) is 2. The molecule has 4 N–H and O–H groups in total. The molecule has 3 rings (SSSR count). The number of hydrogen-bond acceptors (Lipinski definition) is 4. The molecule has 1 fully saturated rings. The molecule has 2 aromatic rings. The molecule has 0 saturated carbocycles. The number of carbonyl (C=O) groups is 1. The van der Waals surface area contributed by atoms with Crippen molar-refractivity contribution in [1.82, 2.24) is 15.5 Å². The van der Waals surface area contributed by atoms with Crippen LogP contribution in [-0.2, 0) is 24.3 Å². The second kappa shape index (κ2) is 13.4. The van der Waals surface area contributed by atoms with Crippen molar-refractivity contribution in [3.8, 4) is 0 Å². The third-order valence-corrected chi connectivity index (χ3v) is 5.31. The number of aliphatic imine (C=N–C) groups is 1. The van der Waals surface area contributed by atoms with Crippen LogP contribution < -0.4 is 16.4 Å². The molecular weight excluding hydrogens is 505 g/mol. The Bertz CT molecular complexity index is 825. The van der Waals surface area contributed by atoms with E-state index in [4.69, 9.17) is 15.1 Å². The molecule has 7 nitrogen and oxygen atoms in total. The quantitative estimate of drug-likeness (QED) is 0.259. The Morgan fingerprint density at radius 2 is 2.10 bits per heavy atom. The zero-order chi connectivity index (χ0) is 21.2. The Morgan fingerprint density at radius 1 is 1.26 bits per heavy atom. The molecule has 2 heterocycles. The van der Waals surface area contributed by atoms with Gasteiger partial charge < -0.3 is 20.8 Å². The fourth-order valence-corrected chi connectivity index (χ4v) is 3.79. The van der Waals surface area contributed by atoms with Crippen LogP contribution in [0.15, 0.2) is 52.1 Å². The molecule has 0 spiro atoms. The number of guanidine groups is 1. The maximum Gasteiger partial charge on any atom is 0.221 e. The number of rotatable bonds is 9. The molecule has 0 bridgehead atoms. The van der Waals surface area contributed by atoms with Crippen LogP contribution in [0.25, 0.3) is 0 Å². The van der Waals surface area contributed by atoms with Gasteiger partial charge in [0.1, 0.15) is 5.76 Å². The highest BCUT2D eigenvalue weighted by molar-refractivity contribution is 14.0. The molecule has 170 valence electrons. The average Bonchev–Trinajstić information content (AvgIpc) is 3.26. The number of furan rings is 1. The number of benzene rings is 1. The molecule has 1 aromatic carbocycles. The molecule has 8 heteroatoms. The Morgan fingerprint density at radius 3 is 2.84 bits per heavy atom. The van der Waals surface area contributed by atoms with Crippen LogP contribution in [0.4, 0.5) is 0 Å². The Balaban J connectivity index is 0.00000341. The first-order chi connectivity index (χ1) is 14.6. The Kier molecular flexibility index (Phi) is 10.9. The van der Waals surface area contributed by atoms with E-state index < -0.39 is 0 Å². The van der Waals surface area contributed by atoms with Gasteiger partial charge in [-0.15, -0.1) is 24.0 Å². The summed E-state index contributed by atoms with van der Waals surface area (Å²) in [5, 5.41) is 6.64.